The molecule has 0 aromatic rings. The predicted molar refractivity (Wildman–Crippen MR) is 72.9 cm³/mol. The Kier molecular flexibility index (Phi) is 5.31. The van der Waals surface area contributed by atoms with Crippen molar-refractivity contribution in [3.63, 3.8) is 0 Å². The molecule has 0 bridgehead atoms. The van der Waals surface area contributed by atoms with Crippen molar-refractivity contribution < 1.29 is 14.7 Å². The number of urea groups is 1. The summed E-state index contributed by atoms with van der Waals surface area (Å²) in [4.78, 5) is 22.4. The zero-order valence-electron chi connectivity index (χ0n) is 11.2. The summed E-state index contributed by atoms with van der Waals surface area (Å²) in [6.07, 6.45) is 5.12. The maximum Gasteiger partial charge on any atom is 0.315 e. The minimum atomic E-state index is -0.913. The molecule has 0 heterocycles. The minimum Gasteiger partial charge on any atom is -0.481 e. The summed E-state index contributed by atoms with van der Waals surface area (Å²) in [5.41, 5.74) is -0.729. The van der Waals surface area contributed by atoms with Crippen molar-refractivity contribution in [1.29, 1.82) is 0 Å². The topological polar surface area (TPSA) is 78.4 Å². The van der Waals surface area contributed by atoms with Gasteiger partial charge in [0, 0.05) is 16.8 Å². The minimum absolute atomic E-state index is 0.0848. The molecule has 0 saturated heterocycles. The van der Waals surface area contributed by atoms with Crippen molar-refractivity contribution in [2.75, 3.05) is 6.26 Å². The molecule has 2 amide bonds. The standard InChI is InChI=1S/C12H22N2O3S/c1-12(2,7-10(15)16)14-11(17)13-8-4-5-9(6-8)18-3/h8-9H,4-7H2,1-3H3,(H,15,16)(H2,13,14,17). The van der Waals surface area contributed by atoms with Gasteiger partial charge in [-0.05, 0) is 39.4 Å². The Bertz CT molecular complexity index is 320. The lowest BCUT2D eigenvalue weighted by molar-refractivity contribution is -0.138. The first-order chi connectivity index (χ1) is 8.32. The van der Waals surface area contributed by atoms with Crippen LogP contribution in [0.5, 0.6) is 0 Å². The summed E-state index contributed by atoms with van der Waals surface area (Å²) in [5, 5.41) is 15.0. The summed E-state index contributed by atoms with van der Waals surface area (Å²) in [7, 11) is 0. The molecule has 6 heteroatoms. The van der Waals surface area contributed by atoms with Gasteiger partial charge in [-0.25, -0.2) is 4.79 Å². The number of carbonyl (C=O) groups is 2. The van der Waals surface area contributed by atoms with Gasteiger partial charge in [0.2, 0.25) is 0 Å². The first kappa shape index (κ1) is 15.1. The lowest BCUT2D eigenvalue weighted by Gasteiger charge is -2.25. The van der Waals surface area contributed by atoms with Crippen LogP contribution in [0.4, 0.5) is 4.79 Å². The van der Waals surface area contributed by atoms with Crippen molar-refractivity contribution >= 4 is 23.8 Å². The zero-order valence-corrected chi connectivity index (χ0v) is 12.0. The van der Waals surface area contributed by atoms with Gasteiger partial charge in [-0.15, -0.1) is 0 Å². The Balaban J connectivity index is 2.35. The fourth-order valence-electron chi connectivity index (χ4n) is 2.24. The highest BCUT2D eigenvalue weighted by Crippen LogP contribution is 2.28. The lowest BCUT2D eigenvalue weighted by Crippen LogP contribution is -2.51. The van der Waals surface area contributed by atoms with Crippen molar-refractivity contribution in [2.45, 2.75) is 56.4 Å². The molecule has 1 aliphatic rings. The van der Waals surface area contributed by atoms with E-state index in [-0.39, 0.29) is 18.5 Å². The average molecular weight is 274 g/mol. The second-order valence-corrected chi connectivity index (χ2v) is 6.56. The third kappa shape index (κ3) is 5.16. The van der Waals surface area contributed by atoms with Crippen LogP contribution in [0.2, 0.25) is 0 Å². The molecule has 1 fully saturated rings. The highest BCUT2D eigenvalue weighted by molar-refractivity contribution is 7.99. The number of carboxylic acid groups (broad SMARTS) is 1. The van der Waals surface area contributed by atoms with Gasteiger partial charge < -0.3 is 15.7 Å². The predicted octanol–water partition coefficient (Wildman–Crippen LogP) is 1.82. The molecule has 1 aliphatic carbocycles. The van der Waals surface area contributed by atoms with Crippen LogP contribution in [-0.2, 0) is 4.79 Å². The SMILES string of the molecule is CSC1CCC(NC(=O)NC(C)(C)CC(=O)O)C1. The molecular weight excluding hydrogens is 252 g/mol. The maximum atomic E-state index is 11.8. The summed E-state index contributed by atoms with van der Waals surface area (Å²) in [6.45, 7) is 3.42. The Labute approximate surface area is 112 Å². The third-order valence-electron chi connectivity index (χ3n) is 3.10. The molecule has 18 heavy (non-hydrogen) atoms. The molecule has 1 rings (SSSR count). The van der Waals surface area contributed by atoms with Gasteiger partial charge in [-0.2, -0.15) is 11.8 Å². The number of hydrogen-bond acceptors (Lipinski definition) is 3. The number of thioether (sulfide) groups is 1. The summed E-state index contributed by atoms with van der Waals surface area (Å²) < 4.78 is 0. The van der Waals surface area contributed by atoms with E-state index in [1.165, 1.54) is 0 Å². The highest BCUT2D eigenvalue weighted by Gasteiger charge is 2.28. The van der Waals surface area contributed by atoms with E-state index >= 15 is 0 Å². The molecule has 0 radical (unpaired) electrons. The summed E-state index contributed by atoms with van der Waals surface area (Å²) in [5.74, 6) is -0.913. The van der Waals surface area contributed by atoms with Crippen molar-refractivity contribution in [2.24, 2.45) is 0 Å². The number of nitrogens with one attached hydrogen (secondary N) is 2. The number of aliphatic carboxylic acids is 1. The molecule has 104 valence electrons. The van der Waals surface area contributed by atoms with E-state index < -0.39 is 11.5 Å². The first-order valence-electron chi connectivity index (χ1n) is 6.15. The van der Waals surface area contributed by atoms with Gasteiger partial charge in [0.25, 0.3) is 0 Å². The average Bonchev–Trinajstić information content (AvgIpc) is 2.61. The van der Waals surface area contributed by atoms with E-state index in [0.29, 0.717) is 5.25 Å². The number of amides is 2. The summed E-state index contributed by atoms with van der Waals surface area (Å²) >= 11 is 1.84. The van der Waals surface area contributed by atoms with Crippen molar-refractivity contribution in [3.8, 4) is 0 Å². The molecule has 2 unspecified atom stereocenters. The third-order valence-corrected chi connectivity index (χ3v) is 4.19. The molecule has 1 saturated carbocycles. The second-order valence-electron chi connectivity index (χ2n) is 5.42. The molecule has 2 atom stereocenters. The summed E-state index contributed by atoms with van der Waals surface area (Å²) in [6, 6.07) is -0.0592. The maximum absolute atomic E-state index is 11.8. The van der Waals surface area contributed by atoms with E-state index in [0.717, 1.165) is 19.3 Å². The van der Waals surface area contributed by atoms with E-state index in [1.807, 2.05) is 11.8 Å². The Morgan fingerprint density at radius 3 is 2.56 bits per heavy atom. The Hall–Kier alpha value is -0.910. The van der Waals surface area contributed by atoms with Crippen LogP contribution >= 0.6 is 11.8 Å². The quantitative estimate of drug-likeness (QED) is 0.714. The molecule has 0 aromatic heterocycles. The number of hydrogen-bond donors (Lipinski definition) is 3. The van der Waals surface area contributed by atoms with E-state index in [2.05, 4.69) is 16.9 Å². The van der Waals surface area contributed by atoms with E-state index in [9.17, 15) is 9.59 Å². The Morgan fingerprint density at radius 1 is 1.39 bits per heavy atom. The largest absolute Gasteiger partial charge is 0.481 e. The van der Waals surface area contributed by atoms with E-state index in [1.54, 1.807) is 13.8 Å². The monoisotopic (exact) mass is 274 g/mol. The lowest BCUT2D eigenvalue weighted by atomic mass is 10.0. The van der Waals surface area contributed by atoms with Crippen molar-refractivity contribution in [1.82, 2.24) is 10.6 Å². The smallest absolute Gasteiger partial charge is 0.315 e. The second kappa shape index (κ2) is 6.31. The van der Waals surface area contributed by atoms with Crippen LogP contribution in [0.15, 0.2) is 0 Å². The van der Waals surface area contributed by atoms with Gasteiger partial charge in [-0.1, -0.05) is 0 Å². The van der Waals surface area contributed by atoms with Crippen molar-refractivity contribution in [3.05, 3.63) is 0 Å². The normalized spacial score (nSPS) is 23.7. The van der Waals surface area contributed by atoms with Gasteiger partial charge in [0.1, 0.15) is 0 Å². The highest BCUT2D eigenvalue weighted by atomic mass is 32.2. The van der Waals surface area contributed by atoms with Gasteiger partial charge in [0.15, 0.2) is 0 Å². The Morgan fingerprint density at radius 2 is 2.06 bits per heavy atom. The molecular formula is C12H22N2O3S. The molecule has 0 spiro atoms. The van der Waals surface area contributed by atoms with Crippen LogP contribution in [-0.4, -0.2) is 40.2 Å². The van der Waals surface area contributed by atoms with Crippen LogP contribution in [0.3, 0.4) is 0 Å². The first-order valence-corrected chi connectivity index (χ1v) is 7.44. The number of carbonyl (C=O) groups excluding carboxylic acids is 1. The fraction of sp³-hybridized carbons (Fsp3) is 0.833. The van der Waals surface area contributed by atoms with Gasteiger partial charge in [-0.3, -0.25) is 4.79 Å². The molecule has 0 aromatic carbocycles. The van der Waals surface area contributed by atoms with E-state index in [4.69, 9.17) is 5.11 Å². The van der Waals surface area contributed by atoms with Crippen LogP contribution < -0.4 is 10.6 Å². The molecule has 3 N–H and O–H groups in total. The zero-order chi connectivity index (χ0) is 13.8. The number of carboxylic acids is 1. The fourth-order valence-corrected chi connectivity index (χ4v) is 3.03. The van der Waals surface area contributed by atoms with Gasteiger partial charge in [0.05, 0.1) is 6.42 Å². The van der Waals surface area contributed by atoms with Crippen LogP contribution in [0.1, 0.15) is 39.5 Å². The number of rotatable bonds is 5. The molecule has 0 aliphatic heterocycles. The van der Waals surface area contributed by atoms with Crippen LogP contribution in [0.25, 0.3) is 0 Å². The van der Waals surface area contributed by atoms with Gasteiger partial charge >= 0.3 is 12.0 Å². The van der Waals surface area contributed by atoms with Crippen LogP contribution in [0, 0.1) is 0 Å². The molecule has 5 nitrogen and oxygen atoms in total.